The standard InChI is InChI=1S/C15H16N6O/c1-15(2,3)12-11-14(21(4)18-12)17-13(16-11)8-6-5-7-9-10(8)20-22-19-9/h5-7H,1-4H3,(H,16,17). The summed E-state index contributed by atoms with van der Waals surface area (Å²) in [5.74, 6) is 0.745. The summed E-state index contributed by atoms with van der Waals surface area (Å²) in [6, 6.07) is 5.73. The summed E-state index contributed by atoms with van der Waals surface area (Å²) < 4.78 is 6.63. The molecular formula is C15H16N6O. The van der Waals surface area contributed by atoms with Crippen molar-refractivity contribution in [3.05, 3.63) is 23.9 Å². The average Bonchev–Trinajstić information content (AvgIpc) is 3.13. The summed E-state index contributed by atoms with van der Waals surface area (Å²) in [6.07, 6.45) is 0. The number of fused-ring (bicyclic) bond motifs is 2. The Hall–Kier alpha value is -2.70. The fourth-order valence-corrected chi connectivity index (χ4v) is 2.66. The molecule has 1 N–H and O–H groups in total. The lowest BCUT2D eigenvalue weighted by molar-refractivity contribution is 0.315. The molecule has 1 aromatic carbocycles. The molecular weight excluding hydrogens is 280 g/mol. The zero-order valence-electron chi connectivity index (χ0n) is 12.9. The monoisotopic (exact) mass is 296 g/mol. The third-order valence-corrected chi connectivity index (χ3v) is 3.73. The SMILES string of the molecule is Cn1nc(C(C)(C)C)c2[nH]c(-c3cccc4nonc34)nc21. The van der Waals surface area contributed by atoms with Crippen LogP contribution in [-0.2, 0) is 12.5 Å². The van der Waals surface area contributed by atoms with Gasteiger partial charge in [-0.05, 0) is 22.4 Å². The predicted molar refractivity (Wildman–Crippen MR) is 82.4 cm³/mol. The first kappa shape index (κ1) is 13.0. The number of aromatic nitrogens is 6. The molecule has 7 heteroatoms. The first-order chi connectivity index (χ1) is 10.4. The van der Waals surface area contributed by atoms with E-state index in [4.69, 9.17) is 4.63 Å². The quantitative estimate of drug-likeness (QED) is 0.583. The summed E-state index contributed by atoms with van der Waals surface area (Å²) in [7, 11) is 1.90. The largest absolute Gasteiger partial charge is 0.335 e. The van der Waals surface area contributed by atoms with Crippen molar-refractivity contribution >= 4 is 22.2 Å². The highest BCUT2D eigenvalue weighted by Crippen LogP contribution is 2.31. The number of hydrogen-bond acceptors (Lipinski definition) is 5. The molecule has 0 bridgehead atoms. The second kappa shape index (κ2) is 4.16. The Morgan fingerprint density at radius 2 is 2.00 bits per heavy atom. The van der Waals surface area contributed by atoms with Gasteiger partial charge in [-0.3, -0.25) is 0 Å². The van der Waals surface area contributed by atoms with Crippen molar-refractivity contribution in [2.75, 3.05) is 0 Å². The van der Waals surface area contributed by atoms with E-state index in [0.717, 1.165) is 28.2 Å². The number of imidazole rings is 1. The fraction of sp³-hybridized carbons (Fsp3) is 0.333. The van der Waals surface area contributed by atoms with Gasteiger partial charge in [0.25, 0.3) is 0 Å². The normalized spacial score (nSPS) is 12.5. The smallest absolute Gasteiger partial charge is 0.176 e. The first-order valence-electron chi connectivity index (χ1n) is 7.10. The Kier molecular flexibility index (Phi) is 2.46. The lowest BCUT2D eigenvalue weighted by Crippen LogP contribution is -2.13. The minimum absolute atomic E-state index is 0.0647. The Morgan fingerprint density at radius 1 is 1.18 bits per heavy atom. The minimum atomic E-state index is -0.0647. The molecule has 0 spiro atoms. The van der Waals surface area contributed by atoms with Gasteiger partial charge in [0.1, 0.15) is 22.4 Å². The van der Waals surface area contributed by atoms with E-state index in [0.29, 0.717) is 11.0 Å². The molecule has 4 rings (SSSR count). The van der Waals surface area contributed by atoms with Crippen LogP contribution in [0.25, 0.3) is 33.6 Å². The summed E-state index contributed by atoms with van der Waals surface area (Å²) in [4.78, 5) is 8.07. The summed E-state index contributed by atoms with van der Waals surface area (Å²) in [5.41, 5.74) is 5.00. The maximum atomic E-state index is 4.83. The van der Waals surface area contributed by atoms with E-state index in [-0.39, 0.29) is 5.41 Å². The number of rotatable bonds is 1. The van der Waals surface area contributed by atoms with Gasteiger partial charge in [0.2, 0.25) is 0 Å². The number of nitrogens with one attached hydrogen (secondary N) is 1. The van der Waals surface area contributed by atoms with Gasteiger partial charge < -0.3 is 4.98 Å². The molecule has 0 saturated carbocycles. The van der Waals surface area contributed by atoms with Crippen molar-refractivity contribution in [3.8, 4) is 11.4 Å². The number of aromatic amines is 1. The number of benzene rings is 1. The molecule has 0 aliphatic rings. The number of H-pyrrole nitrogens is 1. The van der Waals surface area contributed by atoms with Crippen LogP contribution >= 0.6 is 0 Å². The molecule has 0 atom stereocenters. The Balaban J connectivity index is 1.99. The molecule has 0 amide bonds. The van der Waals surface area contributed by atoms with Crippen LogP contribution in [0.15, 0.2) is 22.8 Å². The molecule has 0 aliphatic carbocycles. The van der Waals surface area contributed by atoms with Gasteiger partial charge in [0.05, 0.1) is 5.69 Å². The molecule has 0 saturated heterocycles. The van der Waals surface area contributed by atoms with E-state index in [2.05, 4.69) is 46.2 Å². The third kappa shape index (κ3) is 1.75. The van der Waals surface area contributed by atoms with Gasteiger partial charge in [-0.1, -0.05) is 26.8 Å². The predicted octanol–water partition coefficient (Wildman–Crippen LogP) is 2.80. The molecule has 0 unspecified atom stereocenters. The molecule has 3 aromatic heterocycles. The van der Waals surface area contributed by atoms with Crippen molar-refractivity contribution < 1.29 is 4.63 Å². The second-order valence-corrected chi connectivity index (χ2v) is 6.44. The summed E-state index contributed by atoms with van der Waals surface area (Å²) >= 11 is 0. The minimum Gasteiger partial charge on any atom is -0.335 e. The Bertz CT molecular complexity index is 985. The van der Waals surface area contributed by atoms with Crippen LogP contribution in [0, 0.1) is 0 Å². The lowest BCUT2D eigenvalue weighted by atomic mass is 9.92. The van der Waals surface area contributed by atoms with Crippen molar-refractivity contribution in [2.45, 2.75) is 26.2 Å². The summed E-state index contributed by atoms with van der Waals surface area (Å²) in [6.45, 7) is 6.41. The van der Waals surface area contributed by atoms with Gasteiger partial charge in [-0.15, -0.1) is 0 Å². The van der Waals surface area contributed by atoms with Crippen LogP contribution in [0.1, 0.15) is 26.5 Å². The van der Waals surface area contributed by atoms with E-state index in [1.165, 1.54) is 0 Å². The van der Waals surface area contributed by atoms with Crippen LogP contribution in [-0.4, -0.2) is 30.1 Å². The van der Waals surface area contributed by atoms with Crippen molar-refractivity contribution in [2.24, 2.45) is 7.05 Å². The molecule has 112 valence electrons. The molecule has 4 aromatic rings. The number of nitrogens with zero attached hydrogens (tertiary/aromatic N) is 5. The van der Waals surface area contributed by atoms with Crippen molar-refractivity contribution in [1.29, 1.82) is 0 Å². The molecule has 7 nitrogen and oxygen atoms in total. The van der Waals surface area contributed by atoms with Crippen molar-refractivity contribution in [3.63, 3.8) is 0 Å². The molecule has 0 fully saturated rings. The average molecular weight is 296 g/mol. The van der Waals surface area contributed by atoms with Crippen LogP contribution < -0.4 is 0 Å². The molecule has 0 aliphatic heterocycles. The lowest BCUT2D eigenvalue weighted by Gasteiger charge is -2.14. The van der Waals surface area contributed by atoms with Gasteiger partial charge in [0, 0.05) is 18.0 Å². The Morgan fingerprint density at radius 3 is 2.77 bits per heavy atom. The van der Waals surface area contributed by atoms with Gasteiger partial charge in [-0.2, -0.15) is 5.10 Å². The highest BCUT2D eigenvalue weighted by atomic mass is 16.6. The zero-order chi connectivity index (χ0) is 15.5. The second-order valence-electron chi connectivity index (χ2n) is 6.44. The fourth-order valence-electron chi connectivity index (χ4n) is 2.66. The molecule has 22 heavy (non-hydrogen) atoms. The van der Waals surface area contributed by atoms with E-state index in [9.17, 15) is 0 Å². The maximum absolute atomic E-state index is 4.83. The molecule has 3 heterocycles. The Labute approximate surface area is 126 Å². The summed E-state index contributed by atoms with van der Waals surface area (Å²) in [5, 5.41) is 12.4. The van der Waals surface area contributed by atoms with Crippen LogP contribution in [0.3, 0.4) is 0 Å². The number of hydrogen-bond donors (Lipinski definition) is 1. The van der Waals surface area contributed by atoms with E-state index in [1.807, 2.05) is 25.2 Å². The van der Waals surface area contributed by atoms with E-state index < -0.39 is 0 Å². The number of aryl methyl sites for hydroxylation is 1. The molecule has 0 radical (unpaired) electrons. The highest BCUT2D eigenvalue weighted by molar-refractivity contribution is 5.91. The zero-order valence-corrected chi connectivity index (χ0v) is 12.9. The third-order valence-electron chi connectivity index (χ3n) is 3.73. The van der Waals surface area contributed by atoms with Crippen LogP contribution in [0.2, 0.25) is 0 Å². The van der Waals surface area contributed by atoms with Gasteiger partial charge in [0.15, 0.2) is 5.65 Å². The van der Waals surface area contributed by atoms with E-state index >= 15 is 0 Å². The van der Waals surface area contributed by atoms with Crippen LogP contribution in [0.4, 0.5) is 0 Å². The maximum Gasteiger partial charge on any atom is 0.176 e. The van der Waals surface area contributed by atoms with Gasteiger partial charge in [-0.25, -0.2) is 14.3 Å². The first-order valence-corrected chi connectivity index (χ1v) is 7.10. The van der Waals surface area contributed by atoms with Gasteiger partial charge >= 0.3 is 0 Å². The van der Waals surface area contributed by atoms with Crippen LogP contribution in [0.5, 0.6) is 0 Å². The topological polar surface area (TPSA) is 85.4 Å². The van der Waals surface area contributed by atoms with Crippen molar-refractivity contribution in [1.82, 2.24) is 30.1 Å². The van der Waals surface area contributed by atoms with E-state index in [1.54, 1.807) is 4.68 Å². The highest BCUT2D eigenvalue weighted by Gasteiger charge is 2.25.